The summed E-state index contributed by atoms with van der Waals surface area (Å²) in [6, 6.07) is 6.46. The van der Waals surface area contributed by atoms with E-state index in [0.29, 0.717) is 26.3 Å². The Morgan fingerprint density at radius 2 is 2.08 bits per heavy atom. The zero-order valence-electron chi connectivity index (χ0n) is 15.0. The van der Waals surface area contributed by atoms with E-state index in [1.54, 1.807) is 19.2 Å². The molecule has 1 atom stereocenters. The summed E-state index contributed by atoms with van der Waals surface area (Å²) in [6.45, 7) is 2.68. The molecule has 0 bridgehead atoms. The zero-order valence-corrected chi connectivity index (χ0v) is 15.8. The molecule has 146 valence electrons. The lowest BCUT2D eigenvalue weighted by Crippen LogP contribution is -2.34. The van der Waals surface area contributed by atoms with Crippen molar-refractivity contribution < 1.29 is 22.7 Å². The monoisotopic (exact) mass is 385 g/mol. The van der Waals surface area contributed by atoms with Crippen LogP contribution < -0.4 is 15.4 Å². The fourth-order valence-electron chi connectivity index (χ4n) is 2.52. The van der Waals surface area contributed by atoms with E-state index in [2.05, 4.69) is 15.4 Å². The Morgan fingerprint density at radius 1 is 1.31 bits per heavy atom. The normalized spacial score (nSPS) is 17.3. The Bertz CT molecular complexity index is 657. The van der Waals surface area contributed by atoms with Crippen molar-refractivity contribution in [3.8, 4) is 0 Å². The van der Waals surface area contributed by atoms with Gasteiger partial charge < -0.3 is 20.1 Å². The third-order valence-electron chi connectivity index (χ3n) is 4.02. The van der Waals surface area contributed by atoms with Crippen molar-refractivity contribution >= 4 is 15.9 Å². The topological polar surface area (TPSA) is 106 Å². The number of hydrogen-bond acceptors (Lipinski definition) is 6. The van der Waals surface area contributed by atoms with Gasteiger partial charge in [-0.15, -0.1) is 0 Å². The summed E-state index contributed by atoms with van der Waals surface area (Å²) in [4.78, 5) is 11.9. The first-order chi connectivity index (χ1) is 12.5. The predicted octanol–water partition coefficient (Wildman–Crippen LogP) is -0.00390. The van der Waals surface area contributed by atoms with Crippen molar-refractivity contribution in [2.45, 2.75) is 30.4 Å². The smallest absolute Gasteiger partial charge is 0.240 e. The highest BCUT2D eigenvalue weighted by Crippen LogP contribution is 2.14. The number of amides is 1. The Balaban J connectivity index is 1.76. The number of benzene rings is 1. The molecular formula is C17H27N3O5S. The molecule has 0 radical (unpaired) electrons. The number of carbonyl (C=O) groups excluding carboxylic acids is 1. The van der Waals surface area contributed by atoms with Gasteiger partial charge in [-0.1, -0.05) is 12.1 Å². The van der Waals surface area contributed by atoms with E-state index < -0.39 is 10.0 Å². The van der Waals surface area contributed by atoms with Crippen molar-refractivity contribution in [3.63, 3.8) is 0 Å². The largest absolute Gasteiger partial charge is 0.383 e. The second kappa shape index (κ2) is 10.6. The number of carbonyl (C=O) groups is 1. The first kappa shape index (κ1) is 20.8. The van der Waals surface area contributed by atoms with Crippen molar-refractivity contribution in [3.05, 3.63) is 29.8 Å². The second-order valence-electron chi connectivity index (χ2n) is 6.08. The molecular weight excluding hydrogens is 358 g/mol. The molecule has 3 N–H and O–H groups in total. The molecule has 0 saturated carbocycles. The Morgan fingerprint density at radius 3 is 2.73 bits per heavy atom. The van der Waals surface area contributed by atoms with Gasteiger partial charge in [0.1, 0.15) is 0 Å². The number of hydrogen-bond donors (Lipinski definition) is 3. The van der Waals surface area contributed by atoms with Crippen LogP contribution in [0, 0.1) is 0 Å². The molecule has 1 aliphatic heterocycles. The minimum absolute atomic E-state index is 0.0447. The van der Waals surface area contributed by atoms with Gasteiger partial charge in [-0.05, 0) is 30.5 Å². The lowest BCUT2D eigenvalue weighted by Gasteiger charge is -2.12. The van der Waals surface area contributed by atoms with E-state index in [9.17, 15) is 13.2 Å². The molecule has 1 amide bonds. The van der Waals surface area contributed by atoms with E-state index >= 15 is 0 Å². The number of nitrogens with one attached hydrogen (secondary N) is 3. The maximum atomic E-state index is 12.3. The maximum absolute atomic E-state index is 12.3. The van der Waals surface area contributed by atoms with Crippen molar-refractivity contribution in [2.75, 3.05) is 40.0 Å². The molecule has 1 saturated heterocycles. The third-order valence-corrected chi connectivity index (χ3v) is 5.46. The van der Waals surface area contributed by atoms with Crippen LogP contribution in [0.2, 0.25) is 0 Å². The average Bonchev–Trinajstić information content (AvgIpc) is 3.16. The fourth-order valence-corrected chi connectivity index (χ4v) is 3.58. The molecule has 1 aromatic carbocycles. The van der Waals surface area contributed by atoms with E-state index in [1.807, 2.05) is 0 Å². The van der Waals surface area contributed by atoms with Crippen molar-refractivity contribution in [1.82, 2.24) is 15.4 Å². The molecule has 1 heterocycles. The van der Waals surface area contributed by atoms with Gasteiger partial charge in [0.2, 0.25) is 15.9 Å². The third kappa shape index (κ3) is 7.00. The molecule has 9 heteroatoms. The molecule has 2 rings (SSSR count). The van der Waals surface area contributed by atoms with Crippen LogP contribution in [0.15, 0.2) is 29.2 Å². The SMILES string of the molecule is COCCNCC(=O)NCc1ccc(S(=O)(=O)NCC2CCCO2)cc1. The van der Waals surface area contributed by atoms with Gasteiger partial charge >= 0.3 is 0 Å². The minimum atomic E-state index is -3.55. The number of methoxy groups -OCH3 is 1. The Hall–Kier alpha value is -1.52. The highest BCUT2D eigenvalue weighted by molar-refractivity contribution is 7.89. The molecule has 8 nitrogen and oxygen atoms in total. The molecule has 0 aromatic heterocycles. The number of rotatable bonds is 11. The van der Waals surface area contributed by atoms with Crippen molar-refractivity contribution in [2.24, 2.45) is 0 Å². The minimum Gasteiger partial charge on any atom is -0.383 e. The average molecular weight is 385 g/mol. The molecule has 0 aliphatic carbocycles. The van der Waals surface area contributed by atoms with Crippen LogP contribution in [0.3, 0.4) is 0 Å². The first-order valence-electron chi connectivity index (χ1n) is 8.68. The highest BCUT2D eigenvalue weighted by Gasteiger charge is 2.20. The highest BCUT2D eigenvalue weighted by atomic mass is 32.2. The lowest BCUT2D eigenvalue weighted by molar-refractivity contribution is -0.120. The van der Waals surface area contributed by atoms with Crippen LogP contribution in [0.4, 0.5) is 0 Å². The quantitative estimate of drug-likeness (QED) is 0.463. The number of sulfonamides is 1. The van der Waals surface area contributed by atoms with Crippen molar-refractivity contribution in [1.29, 1.82) is 0 Å². The van der Waals surface area contributed by atoms with E-state index in [1.165, 1.54) is 12.1 Å². The Kier molecular flexibility index (Phi) is 8.46. The number of ether oxygens (including phenoxy) is 2. The van der Waals surface area contributed by atoms with Crippen LogP contribution in [0.1, 0.15) is 18.4 Å². The summed E-state index contributed by atoms with van der Waals surface area (Å²) in [5.41, 5.74) is 0.827. The summed E-state index contributed by atoms with van der Waals surface area (Å²) < 4.78 is 37.4. The van der Waals surface area contributed by atoms with Gasteiger partial charge in [-0.25, -0.2) is 13.1 Å². The second-order valence-corrected chi connectivity index (χ2v) is 7.84. The summed E-state index contributed by atoms with van der Waals surface area (Å²) in [6.07, 6.45) is 1.80. The summed E-state index contributed by atoms with van der Waals surface area (Å²) >= 11 is 0. The fraction of sp³-hybridized carbons (Fsp3) is 0.588. The molecule has 1 unspecified atom stereocenters. The van der Waals surface area contributed by atoms with Crippen LogP contribution in [-0.2, 0) is 30.8 Å². The maximum Gasteiger partial charge on any atom is 0.240 e. The van der Waals surface area contributed by atoms with Crippen LogP contribution in [0.5, 0.6) is 0 Å². The van der Waals surface area contributed by atoms with Gasteiger partial charge in [0.15, 0.2) is 0 Å². The molecule has 1 fully saturated rings. The van der Waals surface area contributed by atoms with Gasteiger partial charge in [0.25, 0.3) is 0 Å². The van der Waals surface area contributed by atoms with Gasteiger partial charge in [-0.3, -0.25) is 4.79 Å². The van der Waals surface area contributed by atoms with Gasteiger partial charge in [0.05, 0.1) is 24.2 Å². The van der Waals surface area contributed by atoms with Crippen LogP contribution >= 0.6 is 0 Å². The van der Waals surface area contributed by atoms with E-state index in [0.717, 1.165) is 18.4 Å². The van der Waals surface area contributed by atoms with Gasteiger partial charge in [0, 0.05) is 33.4 Å². The van der Waals surface area contributed by atoms with Crippen LogP contribution in [0.25, 0.3) is 0 Å². The summed E-state index contributed by atoms with van der Waals surface area (Å²) in [5.74, 6) is -0.129. The molecule has 1 aliphatic rings. The van der Waals surface area contributed by atoms with Crippen LogP contribution in [-0.4, -0.2) is 60.4 Å². The molecule has 1 aromatic rings. The lowest BCUT2D eigenvalue weighted by atomic mass is 10.2. The van der Waals surface area contributed by atoms with E-state index in [4.69, 9.17) is 9.47 Å². The zero-order chi connectivity index (χ0) is 18.8. The molecule has 0 spiro atoms. The van der Waals surface area contributed by atoms with Gasteiger partial charge in [-0.2, -0.15) is 0 Å². The summed E-state index contributed by atoms with van der Waals surface area (Å²) in [7, 11) is -1.95. The van der Waals surface area contributed by atoms with E-state index in [-0.39, 0.29) is 30.0 Å². The standard InChI is InChI=1S/C17H27N3O5S/c1-24-10-8-18-13-17(21)19-11-14-4-6-16(7-5-14)26(22,23)20-12-15-3-2-9-25-15/h4-7,15,18,20H,2-3,8-13H2,1H3,(H,19,21). The first-order valence-corrected chi connectivity index (χ1v) is 10.2. The predicted molar refractivity (Wildman–Crippen MR) is 97.2 cm³/mol. The Labute approximate surface area is 154 Å². The molecule has 26 heavy (non-hydrogen) atoms. The summed E-state index contributed by atoms with van der Waals surface area (Å²) in [5, 5.41) is 5.73.